The Bertz CT molecular complexity index is 326. The molecular formula is C8H8BrNO2S. The van der Waals surface area contributed by atoms with Crippen LogP contribution in [-0.2, 0) is 4.74 Å². The van der Waals surface area contributed by atoms with E-state index in [2.05, 4.69) is 21.2 Å². The van der Waals surface area contributed by atoms with Crippen molar-refractivity contribution in [2.45, 2.75) is 12.5 Å². The van der Waals surface area contributed by atoms with Crippen molar-refractivity contribution < 1.29 is 9.53 Å². The van der Waals surface area contributed by atoms with Crippen LogP contribution in [0.25, 0.3) is 0 Å². The van der Waals surface area contributed by atoms with Crippen LogP contribution < -0.4 is 5.32 Å². The van der Waals surface area contributed by atoms with Crippen LogP contribution in [0.1, 0.15) is 17.3 Å². The van der Waals surface area contributed by atoms with Crippen molar-refractivity contribution in [3.05, 3.63) is 20.8 Å². The van der Waals surface area contributed by atoms with Gasteiger partial charge in [-0.3, -0.25) is 0 Å². The molecule has 1 aromatic heterocycles. The Balaban J connectivity index is 2.17. The van der Waals surface area contributed by atoms with Gasteiger partial charge in [0.15, 0.2) is 0 Å². The summed E-state index contributed by atoms with van der Waals surface area (Å²) in [6, 6.07) is 2.09. The summed E-state index contributed by atoms with van der Waals surface area (Å²) in [6.45, 7) is 0.501. The summed E-state index contributed by atoms with van der Waals surface area (Å²) >= 11 is 5.08. The number of cyclic esters (lactones) is 1. The highest BCUT2D eigenvalue weighted by atomic mass is 79.9. The first-order valence-electron chi connectivity index (χ1n) is 3.93. The van der Waals surface area contributed by atoms with Gasteiger partial charge in [-0.15, -0.1) is 11.3 Å². The first kappa shape index (κ1) is 9.02. The van der Waals surface area contributed by atoms with Crippen molar-refractivity contribution >= 4 is 33.4 Å². The first-order valence-corrected chi connectivity index (χ1v) is 5.61. The van der Waals surface area contributed by atoms with E-state index in [1.54, 1.807) is 11.3 Å². The molecule has 1 aromatic rings. The van der Waals surface area contributed by atoms with E-state index in [1.165, 1.54) is 0 Å². The fourth-order valence-electron chi connectivity index (χ4n) is 1.28. The Morgan fingerprint density at radius 3 is 3.15 bits per heavy atom. The van der Waals surface area contributed by atoms with Gasteiger partial charge in [0.2, 0.25) is 0 Å². The second-order valence-electron chi connectivity index (χ2n) is 2.75. The van der Waals surface area contributed by atoms with E-state index in [0.717, 1.165) is 15.8 Å². The summed E-state index contributed by atoms with van der Waals surface area (Å²) in [7, 11) is 0. The van der Waals surface area contributed by atoms with Gasteiger partial charge in [-0.2, -0.15) is 0 Å². The second kappa shape index (κ2) is 3.67. The van der Waals surface area contributed by atoms with E-state index < -0.39 is 0 Å². The Labute approximate surface area is 88.2 Å². The third-order valence-corrected chi connectivity index (χ3v) is 3.88. The van der Waals surface area contributed by atoms with Crippen molar-refractivity contribution in [1.29, 1.82) is 0 Å². The van der Waals surface area contributed by atoms with Crippen LogP contribution in [-0.4, -0.2) is 12.7 Å². The number of thiophene rings is 1. The normalized spacial score (nSPS) is 22.2. The quantitative estimate of drug-likeness (QED) is 0.845. The zero-order valence-corrected chi connectivity index (χ0v) is 9.15. The second-order valence-corrected chi connectivity index (χ2v) is 4.56. The van der Waals surface area contributed by atoms with Crippen LogP contribution in [0, 0.1) is 0 Å². The van der Waals surface area contributed by atoms with E-state index >= 15 is 0 Å². The molecule has 1 saturated heterocycles. The number of rotatable bonds is 1. The van der Waals surface area contributed by atoms with Gasteiger partial charge in [-0.1, -0.05) is 0 Å². The van der Waals surface area contributed by atoms with Crippen LogP contribution in [0.5, 0.6) is 0 Å². The van der Waals surface area contributed by atoms with E-state index in [1.807, 2.05) is 11.4 Å². The third kappa shape index (κ3) is 1.86. The number of hydrogen-bond donors (Lipinski definition) is 1. The standard InChI is InChI=1S/C8H8BrNO2S/c9-5-2-4-13-7(5)6-1-3-12-8(11)10-6/h2,4,6H,1,3H2,(H,10,11)/t6-/m1/s1. The molecular weight excluding hydrogens is 254 g/mol. The van der Waals surface area contributed by atoms with E-state index in [0.29, 0.717) is 6.61 Å². The lowest BCUT2D eigenvalue weighted by atomic mass is 10.1. The number of hydrogen-bond acceptors (Lipinski definition) is 3. The molecule has 0 unspecified atom stereocenters. The van der Waals surface area contributed by atoms with Gasteiger partial charge in [-0.25, -0.2) is 4.79 Å². The van der Waals surface area contributed by atoms with Gasteiger partial charge >= 0.3 is 6.09 Å². The molecule has 0 aliphatic carbocycles. The fourth-order valence-corrected chi connectivity index (χ4v) is 3.01. The molecule has 1 amide bonds. The van der Waals surface area contributed by atoms with E-state index in [9.17, 15) is 4.79 Å². The maximum atomic E-state index is 10.9. The van der Waals surface area contributed by atoms with Crippen LogP contribution in [0.4, 0.5) is 4.79 Å². The Hall–Kier alpha value is -0.550. The number of nitrogens with one attached hydrogen (secondary N) is 1. The third-order valence-electron chi connectivity index (χ3n) is 1.89. The fraction of sp³-hybridized carbons (Fsp3) is 0.375. The highest BCUT2D eigenvalue weighted by molar-refractivity contribution is 9.10. The summed E-state index contributed by atoms with van der Waals surface area (Å²) < 4.78 is 5.85. The molecule has 2 rings (SSSR count). The molecule has 0 spiro atoms. The largest absolute Gasteiger partial charge is 0.449 e. The summed E-state index contributed by atoms with van der Waals surface area (Å²) in [4.78, 5) is 12.1. The van der Waals surface area contributed by atoms with Crippen molar-refractivity contribution in [1.82, 2.24) is 5.32 Å². The Morgan fingerprint density at radius 2 is 2.54 bits per heavy atom. The molecule has 70 valence electrons. The van der Waals surface area contributed by atoms with Gasteiger partial charge in [-0.05, 0) is 27.4 Å². The summed E-state index contributed by atoms with van der Waals surface area (Å²) in [6.07, 6.45) is 0.516. The smallest absolute Gasteiger partial charge is 0.407 e. The molecule has 1 fully saturated rings. The number of amides is 1. The lowest BCUT2D eigenvalue weighted by molar-refractivity contribution is 0.116. The van der Waals surface area contributed by atoms with Gasteiger partial charge in [0.1, 0.15) is 0 Å². The SMILES string of the molecule is O=C1N[C@@H](c2sccc2Br)CCO1. The predicted octanol–water partition coefficient (Wildman–Crippen LogP) is 2.68. The molecule has 0 bridgehead atoms. The lowest BCUT2D eigenvalue weighted by Gasteiger charge is -2.22. The van der Waals surface area contributed by atoms with Gasteiger partial charge in [0.25, 0.3) is 0 Å². The number of alkyl carbamates (subject to hydrolysis) is 1. The summed E-state index contributed by atoms with van der Waals surface area (Å²) in [5, 5.41) is 4.78. The average Bonchev–Trinajstić information content (AvgIpc) is 2.51. The summed E-state index contributed by atoms with van der Waals surface area (Å²) in [5.74, 6) is 0. The molecule has 1 aliphatic heterocycles. The minimum Gasteiger partial charge on any atom is -0.449 e. The summed E-state index contributed by atoms with van der Waals surface area (Å²) in [5.41, 5.74) is 0. The maximum absolute atomic E-state index is 10.9. The maximum Gasteiger partial charge on any atom is 0.407 e. The molecule has 0 radical (unpaired) electrons. The van der Waals surface area contributed by atoms with Gasteiger partial charge < -0.3 is 10.1 Å². The molecule has 13 heavy (non-hydrogen) atoms. The first-order chi connectivity index (χ1) is 6.27. The number of ether oxygens (including phenoxy) is 1. The molecule has 1 aliphatic rings. The minimum absolute atomic E-state index is 0.107. The Morgan fingerprint density at radius 1 is 1.69 bits per heavy atom. The van der Waals surface area contributed by atoms with Crippen LogP contribution in [0.3, 0.4) is 0 Å². The Kier molecular flexibility index (Phi) is 2.55. The van der Waals surface area contributed by atoms with Crippen molar-refractivity contribution in [2.24, 2.45) is 0 Å². The minimum atomic E-state index is -0.323. The highest BCUT2D eigenvalue weighted by Crippen LogP contribution is 2.31. The molecule has 0 aromatic carbocycles. The van der Waals surface area contributed by atoms with Gasteiger partial charge in [0, 0.05) is 15.8 Å². The van der Waals surface area contributed by atoms with Gasteiger partial charge in [0.05, 0.1) is 12.6 Å². The van der Waals surface area contributed by atoms with Crippen molar-refractivity contribution in [3.8, 4) is 0 Å². The molecule has 3 nitrogen and oxygen atoms in total. The van der Waals surface area contributed by atoms with E-state index in [4.69, 9.17) is 4.74 Å². The molecule has 5 heteroatoms. The molecule has 2 heterocycles. The highest BCUT2D eigenvalue weighted by Gasteiger charge is 2.23. The van der Waals surface area contributed by atoms with Crippen LogP contribution in [0.2, 0.25) is 0 Å². The number of carbonyl (C=O) groups is 1. The van der Waals surface area contributed by atoms with Crippen molar-refractivity contribution in [2.75, 3.05) is 6.61 Å². The average molecular weight is 262 g/mol. The number of halogens is 1. The zero-order valence-electron chi connectivity index (χ0n) is 6.75. The lowest BCUT2D eigenvalue weighted by Crippen LogP contribution is -2.34. The predicted molar refractivity (Wildman–Crippen MR) is 53.9 cm³/mol. The monoisotopic (exact) mass is 261 g/mol. The van der Waals surface area contributed by atoms with Crippen molar-refractivity contribution in [3.63, 3.8) is 0 Å². The van der Waals surface area contributed by atoms with Crippen LogP contribution >= 0.6 is 27.3 Å². The topological polar surface area (TPSA) is 38.3 Å². The molecule has 1 N–H and O–H groups in total. The molecule has 0 saturated carbocycles. The molecule has 1 atom stereocenters. The van der Waals surface area contributed by atoms with E-state index in [-0.39, 0.29) is 12.1 Å². The zero-order chi connectivity index (χ0) is 9.26. The van der Waals surface area contributed by atoms with Crippen LogP contribution in [0.15, 0.2) is 15.9 Å². The number of carbonyl (C=O) groups excluding carboxylic acids is 1.